The Morgan fingerprint density at radius 1 is 1.08 bits per heavy atom. The number of nitriles is 1. The molecule has 0 bridgehead atoms. The lowest BCUT2D eigenvalue weighted by molar-refractivity contribution is -0.143. The number of aromatic nitrogens is 2. The number of halogens is 7. The Morgan fingerprint density at radius 2 is 1.67 bits per heavy atom. The van der Waals surface area contributed by atoms with Gasteiger partial charge in [-0.15, -0.1) is 0 Å². The third-order valence-corrected chi connectivity index (χ3v) is 5.65. The number of hydrogen-bond acceptors (Lipinski definition) is 7. The van der Waals surface area contributed by atoms with Crippen molar-refractivity contribution in [2.75, 3.05) is 0 Å². The standard InChI is InChI=1S/C24H17ClF6N6O2/c25-18-4-2-1-3-16(18)20(38)17(10-32)21(39)19(33)22(36-6-5-35-12-36)37(34)11-13-7-14(23(26,27)28)9-15(8-13)24(29,30)31/h1-9,12,17H,11,33-34H2/b22-19-. The minimum absolute atomic E-state index is 0.0431. The molecule has 4 N–H and O–H groups in total. The molecule has 0 saturated carbocycles. The van der Waals surface area contributed by atoms with E-state index in [1.807, 2.05) is 0 Å². The molecule has 1 heterocycles. The van der Waals surface area contributed by atoms with Crippen LogP contribution in [0.4, 0.5) is 26.3 Å². The number of hydrogen-bond donors (Lipinski definition) is 2. The molecule has 3 rings (SSSR count). The van der Waals surface area contributed by atoms with Crippen LogP contribution in [-0.2, 0) is 23.7 Å². The molecule has 204 valence electrons. The third-order valence-electron chi connectivity index (χ3n) is 5.32. The molecule has 3 aromatic rings. The SMILES string of the molecule is N#CC(C(=O)/C(N)=C(/N(N)Cc1cc(C(F)(F)F)cc(C(F)(F)F)c1)n1ccnc1)C(=O)c1ccccc1Cl. The normalized spacial score (nSPS) is 13.3. The summed E-state index contributed by atoms with van der Waals surface area (Å²) in [5.41, 5.74) is 1.39. The van der Waals surface area contributed by atoms with Crippen molar-refractivity contribution in [2.45, 2.75) is 18.9 Å². The van der Waals surface area contributed by atoms with E-state index >= 15 is 0 Å². The molecule has 0 aliphatic rings. The van der Waals surface area contributed by atoms with Crippen molar-refractivity contribution in [1.82, 2.24) is 14.6 Å². The molecule has 15 heteroatoms. The van der Waals surface area contributed by atoms with Crippen molar-refractivity contribution in [1.29, 1.82) is 5.26 Å². The molecule has 2 aromatic carbocycles. The highest BCUT2D eigenvalue weighted by Gasteiger charge is 2.37. The van der Waals surface area contributed by atoms with E-state index in [2.05, 4.69) is 4.98 Å². The number of rotatable bonds is 8. The quantitative estimate of drug-likeness (QED) is 0.101. The van der Waals surface area contributed by atoms with E-state index < -0.39 is 64.6 Å². The van der Waals surface area contributed by atoms with Gasteiger partial charge in [-0.05, 0) is 35.9 Å². The molecule has 0 aliphatic heterocycles. The largest absolute Gasteiger partial charge is 0.416 e. The maximum atomic E-state index is 13.3. The Hall–Kier alpha value is -4.35. The van der Waals surface area contributed by atoms with E-state index in [-0.39, 0.29) is 16.7 Å². The highest BCUT2D eigenvalue weighted by molar-refractivity contribution is 6.35. The summed E-state index contributed by atoms with van der Waals surface area (Å²) in [6.07, 6.45) is -6.69. The lowest BCUT2D eigenvalue weighted by atomic mass is 9.93. The summed E-state index contributed by atoms with van der Waals surface area (Å²) in [5, 5.41) is 10.1. The molecule has 0 spiro atoms. The summed E-state index contributed by atoms with van der Waals surface area (Å²) in [7, 11) is 0. The Kier molecular flexibility index (Phi) is 8.37. The van der Waals surface area contributed by atoms with Gasteiger partial charge in [0.1, 0.15) is 12.0 Å². The number of imidazole rings is 1. The molecule has 1 aromatic heterocycles. The van der Waals surface area contributed by atoms with E-state index in [0.717, 1.165) is 10.9 Å². The van der Waals surface area contributed by atoms with Crippen LogP contribution in [0.2, 0.25) is 5.02 Å². The van der Waals surface area contributed by atoms with Crippen LogP contribution in [0.5, 0.6) is 0 Å². The molecule has 0 fully saturated rings. The van der Waals surface area contributed by atoms with Crippen molar-refractivity contribution < 1.29 is 35.9 Å². The van der Waals surface area contributed by atoms with Crippen LogP contribution in [0.1, 0.15) is 27.0 Å². The second kappa shape index (κ2) is 11.2. The fourth-order valence-corrected chi connectivity index (χ4v) is 3.76. The van der Waals surface area contributed by atoms with Gasteiger partial charge in [0, 0.05) is 18.0 Å². The molecule has 0 amide bonds. The first-order valence-electron chi connectivity index (χ1n) is 10.7. The number of ketones is 2. The summed E-state index contributed by atoms with van der Waals surface area (Å²) in [6, 6.07) is 7.99. The van der Waals surface area contributed by atoms with E-state index in [9.17, 15) is 41.2 Å². The van der Waals surface area contributed by atoms with Crippen LogP contribution in [0.25, 0.3) is 5.82 Å². The van der Waals surface area contributed by atoms with E-state index in [1.54, 1.807) is 0 Å². The Bertz CT molecular complexity index is 1430. The Labute approximate surface area is 221 Å². The minimum Gasteiger partial charge on any atom is -0.393 e. The first-order chi connectivity index (χ1) is 18.1. The van der Waals surface area contributed by atoms with Gasteiger partial charge >= 0.3 is 12.4 Å². The highest BCUT2D eigenvalue weighted by atomic mass is 35.5. The van der Waals surface area contributed by atoms with Gasteiger partial charge in [-0.3, -0.25) is 19.2 Å². The van der Waals surface area contributed by atoms with Gasteiger partial charge < -0.3 is 5.73 Å². The van der Waals surface area contributed by atoms with Gasteiger partial charge in [0.05, 0.1) is 28.8 Å². The number of nitrogens with two attached hydrogens (primary N) is 2. The zero-order chi connectivity index (χ0) is 29.1. The highest BCUT2D eigenvalue weighted by Crippen LogP contribution is 2.36. The molecule has 0 saturated heterocycles. The monoisotopic (exact) mass is 570 g/mol. The van der Waals surface area contributed by atoms with Crippen LogP contribution in [0.15, 0.2) is 66.9 Å². The van der Waals surface area contributed by atoms with Crippen molar-refractivity contribution in [3.63, 3.8) is 0 Å². The zero-order valence-corrected chi connectivity index (χ0v) is 20.2. The zero-order valence-electron chi connectivity index (χ0n) is 19.5. The van der Waals surface area contributed by atoms with Gasteiger partial charge in [0.15, 0.2) is 17.5 Å². The van der Waals surface area contributed by atoms with Crippen LogP contribution >= 0.6 is 11.6 Å². The van der Waals surface area contributed by atoms with E-state index in [4.69, 9.17) is 23.2 Å². The summed E-state index contributed by atoms with van der Waals surface area (Å²) in [6.45, 7) is -0.801. The topological polar surface area (TPSA) is 131 Å². The van der Waals surface area contributed by atoms with Gasteiger partial charge in [-0.25, -0.2) is 10.8 Å². The minimum atomic E-state index is -5.10. The number of allylic oxidation sites excluding steroid dienone is 1. The predicted molar refractivity (Wildman–Crippen MR) is 126 cm³/mol. The van der Waals surface area contributed by atoms with Gasteiger partial charge in [-0.1, -0.05) is 23.7 Å². The summed E-state index contributed by atoms with van der Waals surface area (Å²) < 4.78 is 80.8. The van der Waals surface area contributed by atoms with Crippen LogP contribution in [-0.4, -0.2) is 26.1 Å². The number of nitrogens with zero attached hydrogens (tertiary/aromatic N) is 4. The Morgan fingerprint density at radius 3 is 2.15 bits per heavy atom. The average molecular weight is 571 g/mol. The van der Waals surface area contributed by atoms with Gasteiger partial charge in [0.25, 0.3) is 0 Å². The first kappa shape index (κ1) is 29.2. The van der Waals surface area contributed by atoms with Crippen LogP contribution in [0.3, 0.4) is 0 Å². The summed E-state index contributed by atoms with van der Waals surface area (Å²) >= 11 is 5.99. The third kappa shape index (κ3) is 6.57. The van der Waals surface area contributed by atoms with Gasteiger partial charge in [-0.2, -0.15) is 31.6 Å². The second-order valence-electron chi connectivity index (χ2n) is 8.02. The number of carbonyl (C=O) groups is 2. The van der Waals surface area contributed by atoms with Crippen molar-refractivity contribution >= 4 is 29.0 Å². The molecular formula is C24H17ClF6N6O2. The predicted octanol–water partition coefficient (Wildman–Crippen LogP) is 4.63. The maximum Gasteiger partial charge on any atom is 0.416 e. The number of alkyl halides is 6. The lowest BCUT2D eigenvalue weighted by Gasteiger charge is -2.25. The second-order valence-corrected chi connectivity index (χ2v) is 8.43. The molecular weight excluding hydrogens is 554 g/mol. The average Bonchev–Trinajstić information content (AvgIpc) is 3.37. The fraction of sp³-hybridized carbons (Fsp3) is 0.167. The number of carbonyl (C=O) groups excluding carboxylic acids is 2. The molecule has 0 radical (unpaired) electrons. The fourth-order valence-electron chi connectivity index (χ4n) is 3.53. The first-order valence-corrected chi connectivity index (χ1v) is 11.0. The molecule has 1 atom stereocenters. The van der Waals surface area contributed by atoms with Gasteiger partial charge in [0.2, 0.25) is 5.78 Å². The number of Topliss-reactive ketones (excluding diaryl/α,β-unsaturated/α-hetero) is 2. The maximum absolute atomic E-state index is 13.3. The molecule has 39 heavy (non-hydrogen) atoms. The van der Waals surface area contributed by atoms with E-state index in [1.165, 1.54) is 42.7 Å². The van der Waals surface area contributed by atoms with Crippen LogP contribution < -0.4 is 11.6 Å². The molecule has 8 nitrogen and oxygen atoms in total. The number of benzene rings is 2. The van der Waals surface area contributed by atoms with E-state index in [0.29, 0.717) is 17.1 Å². The van der Waals surface area contributed by atoms with Crippen molar-refractivity contribution in [3.8, 4) is 6.07 Å². The van der Waals surface area contributed by atoms with Crippen molar-refractivity contribution in [3.05, 3.63) is 94.2 Å². The summed E-state index contributed by atoms with van der Waals surface area (Å²) in [5.74, 6) is 1.31. The molecule has 1 unspecified atom stereocenters. The lowest BCUT2D eigenvalue weighted by Crippen LogP contribution is -2.37. The Balaban J connectivity index is 2.07. The summed E-state index contributed by atoms with van der Waals surface area (Å²) in [4.78, 5) is 29.8. The number of hydrazine groups is 1. The molecule has 0 aliphatic carbocycles. The van der Waals surface area contributed by atoms with Crippen LogP contribution in [0, 0.1) is 17.2 Å². The van der Waals surface area contributed by atoms with Crippen molar-refractivity contribution in [2.24, 2.45) is 17.5 Å². The smallest absolute Gasteiger partial charge is 0.393 e.